The molecule has 0 aromatic heterocycles. The third-order valence-electron chi connectivity index (χ3n) is 7.02. The number of carbonyl (C=O) groups is 1. The smallest absolute Gasteiger partial charge is 0.330 e. The topological polar surface area (TPSA) is 90.9 Å². The van der Waals surface area contributed by atoms with Crippen LogP contribution in [-0.4, -0.2) is 40.0 Å². The number of carbonyl (C=O) groups excluding carboxylic acids is 1. The quantitative estimate of drug-likeness (QED) is 0.0780. The molecule has 0 aliphatic carbocycles. The van der Waals surface area contributed by atoms with Gasteiger partial charge >= 0.3 is 5.97 Å². The van der Waals surface area contributed by atoms with E-state index in [-0.39, 0.29) is 18.5 Å². The van der Waals surface area contributed by atoms with Crippen LogP contribution in [0.1, 0.15) is 103 Å². The Morgan fingerprint density at radius 2 is 1.36 bits per heavy atom. The molecule has 0 amide bonds. The molecule has 2 aromatic carbocycles. The number of hydrogen-bond acceptors (Lipinski definition) is 6. The molecule has 0 bridgehead atoms. The second-order valence-electron chi connectivity index (χ2n) is 10.7. The Kier molecular flexibility index (Phi) is 17.4. The van der Waals surface area contributed by atoms with Gasteiger partial charge in [-0.05, 0) is 67.3 Å². The van der Waals surface area contributed by atoms with Gasteiger partial charge in [0.05, 0.1) is 12.9 Å². The van der Waals surface area contributed by atoms with Crippen molar-refractivity contribution in [2.24, 2.45) is 0 Å². The zero-order chi connectivity index (χ0) is 30.5. The molecule has 2 rings (SSSR count). The van der Waals surface area contributed by atoms with Crippen molar-refractivity contribution in [2.75, 3.05) is 24.2 Å². The van der Waals surface area contributed by atoms with E-state index in [2.05, 4.69) is 11.6 Å². The molecule has 0 radical (unpaired) electrons. The zero-order valence-electron chi connectivity index (χ0n) is 25.8. The van der Waals surface area contributed by atoms with E-state index in [0.29, 0.717) is 17.9 Å². The Labute approximate surface area is 254 Å². The number of hydrogen-bond donors (Lipinski definition) is 1. The van der Waals surface area contributed by atoms with Crippen LogP contribution in [0.2, 0.25) is 0 Å². The van der Waals surface area contributed by atoms with E-state index in [4.69, 9.17) is 14.2 Å². The van der Waals surface area contributed by atoms with Gasteiger partial charge in [-0.2, -0.15) is 0 Å². The fourth-order valence-electron chi connectivity index (χ4n) is 4.50. The van der Waals surface area contributed by atoms with Gasteiger partial charge in [0, 0.05) is 11.8 Å². The minimum Gasteiger partial charge on any atom is -0.497 e. The van der Waals surface area contributed by atoms with Crippen LogP contribution >= 0.6 is 0 Å². The van der Waals surface area contributed by atoms with E-state index in [9.17, 15) is 13.2 Å². The monoisotopic (exact) mass is 601 g/mol. The highest BCUT2D eigenvalue weighted by Gasteiger charge is 2.14. The Balaban J connectivity index is 1.88. The van der Waals surface area contributed by atoms with E-state index in [1.54, 1.807) is 37.5 Å². The molecule has 7 nitrogen and oxygen atoms in total. The van der Waals surface area contributed by atoms with Crippen LogP contribution in [0.3, 0.4) is 0 Å². The fraction of sp³-hybridized carbons (Fsp3) is 0.559. The molecule has 0 saturated carbocycles. The third-order valence-corrected chi connectivity index (χ3v) is 8.39. The predicted molar refractivity (Wildman–Crippen MR) is 173 cm³/mol. The van der Waals surface area contributed by atoms with Crippen molar-refractivity contribution in [1.29, 1.82) is 0 Å². The summed E-state index contributed by atoms with van der Waals surface area (Å²) in [5.41, 5.74) is 1.37. The second-order valence-corrected chi connectivity index (χ2v) is 12.6. The van der Waals surface area contributed by atoms with Crippen molar-refractivity contribution in [3.63, 3.8) is 0 Å². The van der Waals surface area contributed by atoms with Crippen molar-refractivity contribution < 1.29 is 27.4 Å². The van der Waals surface area contributed by atoms with Gasteiger partial charge in [0.2, 0.25) is 10.0 Å². The Morgan fingerprint density at radius 3 is 1.95 bits per heavy atom. The summed E-state index contributed by atoms with van der Waals surface area (Å²) in [5, 5.41) is 0. The maximum absolute atomic E-state index is 12.4. The van der Waals surface area contributed by atoms with Crippen molar-refractivity contribution in [2.45, 2.75) is 103 Å². The SMILES string of the molecule is CCCCCCCCCCCCC(COC(=O)C=Cc1ccc(OC)cc1)Oc1ccc(NS(=O)(=O)CCCC)cc1. The van der Waals surface area contributed by atoms with E-state index < -0.39 is 16.0 Å². The Morgan fingerprint density at radius 1 is 0.786 bits per heavy atom. The Bertz CT molecular complexity index is 1130. The van der Waals surface area contributed by atoms with Crippen LogP contribution in [0.5, 0.6) is 11.5 Å². The third kappa shape index (κ3) is 15.9. The van der Waals surface area contributed by atoms with E-state index in [1.165, 1.54) is 57.4 Å². The molecule has 1 atom stereocenters. The van der Waals surface area contributed by atoms with Gasteiger partial charge in [0.25, 0.3) is 0 Å². The summed E-state index contributed by atoms with van der Waals surface area (Å²) in [6.45, 7) is 4.34. The van der Waals surface area contributed by atoms with Crippen LogP contribution in [0, 0.1) is 0 Å². The molecule has 234 valence electrons. The molecular weight excluding hydrogens is 550 g/mol. The summed E-state index contributed by atoms with van der Waals surface area (Å²) < 4.78 is 43.9. The molecule has 0 heterocycles. The first kappa shape index (κ1) is 35.2. The van der Waals surface area contributed by atoms with Crippen LogP contribution in [0.4, 0.5) is 5.69 Å². The van der Waals surface area contributed by atoms with Gasteiger partial charge in [-0.3, -0.25) is 4.72 Å². The Hall–Kier alpha value is -3.00. The zero-order valence-corrected chi connectivity index (χ0v) is 26.6. The van der Waals surface area contributed by atoms with Crippen LogP contribution in [-0.2, 0) is 19.6 Å². The lowest BCUT2D eigenvalue weighted by molar-refractivity contribution is -0.140. The van der Waals surface area contributed by atoms with Crippen molar-refractivity contribution in [1.82, 2.24) is 0 Å². The van der Waals surface area contributed by atoms with Crippen molar-refractivity contribution in [3.05, 3.63) is 60.2 Å². The predicted octanol–water partition coefficient (Wildman–Crippen LogP) is 8.55. The highest BCUT2D eigenvalue weighted by atomic mass is 32.2. The van der Waals surface area contributed by atoms with Gasteiger partial charge in [-0.25, -0.2) is 13.2 Å². The number of methoxy groups -OCH3 is 1. The number of esters is 1. The standard InChI is InChI=1S/C34H51NO6S/c1-4-6-8-9-10-11-12-13-14-15-16-33(28-40-34(36)26-19-29-17-22-31(39-3)23-18-29)41-32-24-20-30(21-25-32)35-42(37,38)27-7-5-2/h17-26,33,35H,4-16,27-28H2,1-3H3. The summed E-state index contributed by atoms with van der Waals surface area (Å²) in [5.74, 6) is 1.03. The minimum absolute atomic E-state index is 0.0982. The van der Waals surface area contributed by atoms with Crippen LogP contribution < -0.4 is 14.2 Å². The van der Waals surface area contributed by atoms with Gasteiger partial charge in [-0.1, -0.05) is 90.2 Å². The number of rotatable bonds is 23. The second kappa shape index (κ2) is 20.8. The molecule has 0 spiro atoms. The van der Waals surface area contributed by atoms with Gasteiger partial charge in [0.1, 0.15) is 24.2 Å². The van der Waals surface area contributed by atoms with Gasteiger partial charge in [0.15, 0.2) is 0 Å². The van der Waals surface area contributed by atoms with Crippen molar-refractivity contribution >= 4 is 27.8 Å². The first-order valence-electron chi connectivity index (χ1n) is 15.6. The molecular formula is C34H51NO6S. The summed E-state index contributed by atoms with van der Waals surface area (Å²) >= 11 is 0. The molecule has 0 aliphatic rings. The van der Waals surface area contributed by atoms with Crippen LogP contribution in [0.15, 0.2) is 54.6 Å². The maximum atomic E-state index is 12.4. The molecule has 1 N–H and O–H groups in total. The molecule has 0 aliphatic heterocycles. The van der Waals surface area contributed by atoms with Gasteiger partial charge in [-0.15, -0.1) is 0 Å². The largest absolute Gasteiger partial charge is 0.497 e. The highest BCUT2D eigenvalue weighted by Crippen LogP contribution is 2.21. The number of anilines is 1. The normalized spacial score (nSPS) is 12.3. The van der Waals surface area contributed by atoms with Gasteiger partial charge < -0.3 is 14.2 Å². The average molecular weight is 602 g/mol. The van der Waals surface area contributed by atoms with E-state index in [1.807, 2.05) is 31.2 Å². The lowest BCUT2D eigenvalue weighted by Crippen LogP contribution is -2.24. The lowest BCUT2D eigenvalue weighted by Gasteiger charge is -2.19. The van der Waals surface area contributed by atoms with Crippen LogP contribution in [0.25, 0.3) is 6.08 Å². The summed E-state index contributed by atoms with van der Waals surface area (Å²) in [7, 11) is -1.76. The van der Waals surface area contributed by atoms with E-state index in [0.717, 1.165) is 37.0 Å². The van der Waals surface area contributed by atoms with E-state index >= 15 is 0 Å². The lowest BCUT2D eigenvalue weighted by atomic mass is 10.0. The number of nitrogens with one attached hydrogen (secondary N) is 1. The summed E-state index contributed by atoms with van der Waals surface area (Å²) in [4.78, 5) is 12.4. The molecule has 1 unspecified atom stereocenters. The van der Waals surface area contributed by atoms with Crippen molar-refractivity contribution in [3.8, 4) is 11.5 Å². The molecule has 0 saturated heterocycles. The molecule has 2 aromatic rings. The molecule has 42 heavy (non-hydrogen) atoms. The maximum Gasteiger partial charge on any atom is 0.330 e. The first-order chi connectivity index (χ1) is 20.3. The first-order valence-corrected chi connectivity index (χ1v) is 17.3. The molecule has 8 heteroatoms. The minimum atomic E-state index is -3.37. The molecule has 0 fully saturated rings. The fourth-order valence-corrected chi connectivity index (χ4v) is 5.76. The number of sulfonamides is 1. The highest BCUT2D eigenvalue weighted by molar-refractivity contribution is 7.92. The number of benzene rings is 2. The summed E-state index contributed by atoms with van der Waals surface area (Å²) in [6, 6.07) is 14.3. The number of unbranched alkanes of at least 4 members (excludes halogenated alkanes) is 10. The number of ether oxygens (including phenoxy) is 3. The average Bonchev–Trinajstić information content (AvgIpc) is 2.99. The summed E-state index contributed by atoms with van der Waals surface area (Å²) in [6.07, 6.45) is 17.4.